The van der Waals surface area contributed by atoms with Crippen LogP contribution in [-0.2, 0) is 0 Å². The number of nitrogens with one attached hydrogen (secondary N) is 2. The molecule has 2 rings (SSSR count). The average molecular weight is 443 g/mol. The van der Waals surface area contributed by atoms with Crippen LogP contribution >= 0.6 is 23.2 Å². The summed E-state index contributed by atoms with van der Waals surface area (Å²) in [6, 6.07) is 14.8. The molecule has 4 N–H and O–H groups in total. The molecule has 156 valence electrons. The number of halogens is 2. The van der Waals surface area contributed by atoms with Gasteiger partial charge in [-0.2, -0.15) is 10.2 Å². The number of rotatable bonds is 8. The van der Waals surface area contributed by atoms with Gasteiger partial charge < -0.3 is 5.73 Å². The Bertz CT molecular complexity index is 999. The maximum absolute atomic E-state index is 5.93. The number of hydrogen-bond acceptors (Lipinski definition) is 5. The van der Waals surface area contributed by atoms with E-state index in [4.69, 9.17) is 28.9 Å². The van der Waals surface area contributed by atoms with Crippen LogP contribution in [0.2, 0.25) is 10.0 Å². The Morgan fingerprint density at radius 2 is 1.27 bits per heavy atom. The van der Waals surface area contributed by atoms with E-state index in [1.54, 1.807) is 13.0 Å². The lowest BCUT2D eigenvalue weighted by Crippen LogP contribution is -2.15. The van der Waals surface area contributed by atoms with E-state index in [0.717, 1.165) is 22.6 Å². The molecule has 0 aliphatic heterocycles. The summed E-state index contributed by atoms with van der Waals surface area (Å²) in [5, 5.41) is 10.0. The van der Waals surface area contributed by atoms with Crippen LogP contribution in [0.4, 0.5) is 0 Å². The summed E-state index contributed by atoms with van der Waals surface area (Å²) in [7, 11) is 0. The molecule has 6 nitrogen and oxygen atoms in total. The van der Waals surface area contributed by atoms with E-state index in [9.17, 15) is 0 Å². The predicted molar refractivity (Wildman–Crippen MR) is 128 cm³/mol. The van der Waals surface area contributed by atoms with Gasteiger partial charge in [0.05, 0.1) is 23.0 Å². The van der Waals surface area contributed by atoms with Gasteiger partial charge in [0.15, 0.2) is 0 Å². The Morgan fingerprint density at radius 1 is 0.833 bits per heavy atom. The molecule has 0 bridgehead atoms. The van der Waals surface area contributed by atoms with Crippen LogP contribution in [0.5, 0.6) is 0 Å². The van der Waals surface area contributed by atoms with Gasteiger partial charge >= 0.3 is 0 Å². The molecule has 0 saturated carbocycles. The highest BCUT2D eigenvalue weighted by Gasteiger charge is 2.01. The molecule has 0 spiro atoms. The van der Waals surface area contributed by atoms with Crippen LogP contribution < -0.4 is 16.6 Å². The van der Waals surface area contributed by atoms with Crippen LogP contribution in [-0.4, -0.2) is 17.3 Å². The molecule has 0 aliphatic carbocycles. The van der Waals surface area contributed by atoms with E-state index in [1.807, 2.05) is 62.4 Å². The van der Waals surface area contributed by atoms with Crippen molar-refractivity contribution in [3.8, 4) is 0 Å². The van der Waals surface area contributed by atoms with Gasteiger partial charge in [-0.3, -0.25) is 10.9 Å². The standard InChI is InChI=1S/C22H24Cl2N6/c1-14(27-28-15(2)18-5-9-20(23)10-6-18)13-22(26-17(4)25)30-29-16(3)19-7-11-21(24)12-8-19/h5-13,27,30H,1H2,2-4H3,(H2,25,26)/b22-13+,28-15+,29-16+. The highest BCUT2D eigenvalue weighted by atomic mass is 35.5. The number of nitrogens with zero attached hydrogens (tertiary/aromatic N) is 3. The first-order valence-corrected chi connectivity index (χ1v) is 9.84. The second-order valence-corrected chi connectivity index (χ2v) is 7.31. The zero-order chi connectivity index (χ0) is 22.1. The molecular weight excluding hydrogens is 419 g/mol. The van der Waals surface area contributed by atoms with Crippen molar-refractivity contribution in [3.63, 3.8) is 0 Å². The normalized spacial score (nSPS) is 13.2. The van der Waals surface area contributed by atoms with Crippen molar-refractivity contribution in [2.45, 2.75) is 20.8 Å². The lowest BCUT2D eigenvalue weighted by atomic mass is 10.1. The molecule has 0 fully saturated rings. The fourth-order valence-corrected chi connectivity index (χ4v) is 2.54. The minimum atomic E-state index is 0.377. The predicted octanol–water partition coefficient (Wildman–Crippen LogP) is 5.05. The Balaban J connectivity index is 2.11. The number of hydrogen-bond donors (Lipinski definition) is 3. The van der Waals surface area contributed by atoms with Gasteiger partial charge in [-0.1, -0.05) is 54.0 Å². The largest absolute Gasteiger partial charge is 0.387 e. The maximum Gasteiger partial charge on any atom is 0.150 e. The van der Waals surface area contributed by atoms with E-state index in [-0.39, 0.29) is 0 Å². The molecule has 0 heterocycles. The van der Waals surface area contributed by atoms with Crippen molar-refractivity contribution < 1.29 is 0 Å². The minimum Gasteiger partial charge on any atom is -0.387 e. The van der Waals surface area contributed by atoms with Crippen molar-refractivity contribution in [1.82, 2.24) is 10.9 Å². The SMILES string of the molecule is C=C(/C=C(\N=C(C)N)N/N=C(\C)c1ccc(Cl)cc1)N/N=C(\C)c1ccc(Cl)cc1. The number of benzene rings is 2. The number of amidine groups is 1. The first-order chi connectivity index (χ1) is 14.2. The quantitative estimate of drug-likeness (QED) is 0.231. The third-order valence-electron chi connectivity index (χ3n) is 3.84. The summed E-state index contributed by atoms with van der Waals surface area (Å²) in [6.07, 6.45) is 1.66. The molecule has 2 aromatic carbocycles. The second-order valence-electron chi connectivity index (χ2n) is 6.44. The van der Waals surface area contributed by atoms with Gasteiger partial charge in [-0.25, -0.2) is 4.99 Å². The monoisotopic (exact) mass is 442 g/mol. The summed E-state index contributed by atoms with van der Waals surface area (Å²) in [4.78, 5) is 4.24. The van der Waals surface area contributed by atoms with Gasteiger partial charge in [0.25, 0.3) is 0 Å². The number of allylic oxidation sites excluding steroid dienone is 1. The molecule has 0 saturated heterocycles. The molecule has 0 atom stereocenters. The van der Waals surface area contributed by atoms with E-state index < -0.39 is 0 Å². The summed E-state index contributed by atoms with van der Waals surface area (Å²) < 4.78 is 0. The molecule has 2 aromatic rings. The van der Waals surface area contributed by atoms with Gasteiger partial charge in [-0.05, 0) is 56.2 Å². The molecule has 0 radical (unpaired) electrons. The molecular formula is C22H24Cl2N6. The zero-order valence-electron chi connectivity index (χ0n) is 17.1. The number of nitrogens with two attached hydrogens (primary N) is 1. The first kappa shape index (κ1) is 23.2. The average Bonchev–Trinajstić information content (AvgIpc) is 2.70. The number of hydrazone groups is 2. The van der Waals surface area contributed by atoms with E-state index >= 15 is 0 Å². The smallest absolute Gasteiger partial charge is 0.150 e. The van der Waals surface area contributed by atoms with E-state index in [0.29, 0.717) is 27.4 Å². The summed E-state index contributed by atoms with van der Waals surface area (Å²) in [5.74, 6) is 0.793. The van der Waals surface area contributed by atoms with Crippen molar-refractivity contribution in [1.29, 1.82) is 0 Å². The fraction of sp³-hybridized carbons (Fsp3) is 0.136. The summed E-state index contributed by atoms with van der Waals surface area (Å²) in [6.45, 7) is 9.39. The van der Waals surface area contributed by atoms with Gasteiger partial charge in [0, 0.05) is 16.1 Å². The van der Waals surface area contributed by atoms with Crippen LogP contribution in [0, 0.1) is 0 Å². The highest BCUT2D eigenvalue weighted by Crippen LogP contribution is 2.11. The molecule has 0 aliphatic rings. The Kier molecular flexibility index (Phi) is 8.65. The van der Waals surface area contributed by atoms with Crippen molar-refractivity contribution in [3.05, 3.63) is 93.9 Å². The lowest BCUT2D eigenvalue weighted by Gasteiger charge is -2.07. The lowest BCUT2D eigenvalue weighted by molar-refractivity contribution is 0.850. The number of aliphatic imine (C=N–C) groups is 1. The fourth-order valence-electron chi connectivity index (χ4n) is 2.28. The topological polar surface area (TPSA) is 87.2 Å². The second kappa shape index (κ2) is 11.2. The molecule has 0 unspecified atom stereocenters. The Labute approximate surface area is 186 Å². The van der Waals surface area contributed by atoms with Crippen molar-refractivity contribution in [2.75, 3.05) is 0 Å². The molecule has 0 amide bonds. The van der Waals surface area contributed by atoms with Crippen molar-refractivity contribution >= 4 is 40.5 Å². The third kappa shape index (κ3) is 7.73. The van der Waals surface area contributed by atoms with Gasteiger partial charge in [0.2, 0.25) is 0 Å². The van der Waals surface area contributed by atoms with Crippen LogP contribution in [0.15, 0.2) is 87.9 Å². The van der Waals surface area contributed by atoms with Gasteiger partial charge in [0.1, 0.15) is 5.82 Å². The minimum absolute atomic E-state index is 0.377. The molecule has 30 heavy (non-hydrogen) atoms. The van der Waals surface area contributed by atoms with E-state index in [2.05, 4.69) is 32.6 Å². The zero-order valence-corrected chi connectivity index (χ0v) is 18.6. The van der Waals surface area contributed by atoms with E-state index in [1.165, 1.54) is 0 Å². The molecule has 0 aromatic heterocycles. The maximum atomic E-state index is 5.93. The van der Waals surface area contributed by atoms with Crippen LogP contribution in [0.3, 0.4) is 0 Å². The first-order valence-electron chi connectivity index (χ1n) is 9.08. The molecule has 8 heteroatoms. The Morgan fingerprint density at radius 3 is 1.70 bits per heavy atom. The summed E-state index contributed by atoms with van der Waals surface area (Å²) >= 11 is 11.8. The van der Waals surface area contributed by atoms with Crippen LogP contribution in [0.25, 0.3) is 0 Å². The third-order valence-corrected chi connectivity index (χ3v) is 4.34. The van der Waals surface area contributed by atoms with Crippen molar-refractivity contribution in [2.24, 2.45) is 20.9 Å². The highest BCUT2D eigenvalue weighted by molar-refractivity contribution is 6.31. The Hall–Kier alpha value is -3.09. The van der Waals surface area contributed by atoms with Gasteiger partial charge in [-0.15, -0.1) is 0 Å². The van der Waals surface area contributed by atoms with Crippen LogP contribution in [0.1, 0.15) is 31.9 Å². The summed E-state index contributed by atoms with van der Waals surface area (Å²) in [5.41, 5.74) is 15.5.